The molecule has 1 fully saturated rings. The molecule has 0 saturated carbocycles. The van der Waals surface area contributed by atoms with Gasteiger partial charge in [-0.2, -0.15) is 0 Å². The number of hydrogen-bond acceptors (Lipinski definition) is 3. The number of hydrogen-bond donors (Lipinski definition) is 1. The van der Waals surface area contributed by atoms with E-state index in [1.165, 1.54) is 0 Å². The molecule has 19 heavy (non-hydrogen) atoms. The quantitative estimate of drug-likeness (QED) is 0.762. The van der Waals surface area contributed by atoms with Gasteiger partial charge >= 0.3 is 0 Å². The zero-order valence-electron chi connectivity index (χ0n) is 12.4. The molecule has 0 aromatic carbocycles. The lowest BCUT2D eigenvalue weighted by atomic mass is 10.1. The van der Waals surface area contributed by atoms with Crippen LogP contribution >= 0.6 is 0 Å². The summed E-state index contributed by atoms with van der Waals surface area (Å²) in [4.78, 5) is 14.0. The molecule has 0 aromatic rings. The van der Waals surface area contributed by atoms with Crippen LogP contribution in [0.15, 0.2) is 0 Å². The van der Waals surface area contributed by atoms with E-state index in [2.05, 4.69) is 29.0 Å². The van der Waals surface area contributed by atoms with Gasteiger partial charge in [-0.05, 0) is 6.42 Å². The maximum Gasteiger partial charge on any atom is 0.222 e. The van der Waals surface area contributed by atoms with E-state index in [1.807, 2.05) is 13.8 Å². The fourth-order valence-corrected chi connectivity index (χ4v) is 1.91. The first-order valence-corrected chi connectivity index (χ1v) is 7.24. The molecular formula is C15H26N2O2. The van der Waals surface area contributed by atoms with Crippen molar-refractivity contribution in [3.8, 4) is 11.8 Å². The summed E-state index contributed by atoms with van der Waals surface area (Å²) in [6, 6.07) is 0. The van der Waals surface area contributed by atoms with Crippen molar-refractivity contribution >= 4 is 5.91 Å². The topological polar surface area (TPSA) is 41.6 Å². The van der Waals surface area contributed by atoms with Crippen LogP contribution in [0.25, 0.3) is 0 Å². The monoisotopic (exact) mass is 266 g/mol. The van der Waals surface area contributed by atoms with Crippen LogP contribution in [0.4, 0.5) is 0 Å². The third-order valence-electron chi connectivity index (χ3n) is 3.39. The minimum atomic E-state index is 0.0788. The number of ether oxygens (including phenoxy) is 1. The summed E-state index contributed by atoms with van der Waals surface area (Å²) in [7, 11) is 0. The van der Waals surface area contributed by atoms with Crippen LogP contribution in [0, 0.1) is 17.8 Å². The molecule has 0 aliphatic carbocycles. The molecule has 0 bridgehead atoms. The van der Waals surface area contributed by atoms with E-state index in [0.29, 0.717) is 6.54 Å². The molecule has 4 nitrogen and oxygen atoms in total. The van der Waals surface area contributed by atoms with Crippen LogP contribution in [0.5, 0.6) is 0 Å². The summed E-state index contributed by atoms with van der Waals surface area (Å²) >= 11 is 0. The number of carbonyl (C=O) groups excluding carboxylic acids is 1. The lowest BCUT2D eigenvalue weighted by Gasteiger charge is -2.31. The van der Waals surface area contributed by atoms with E-state index in [-0.39, 0.29) is 17.9 Å². The minimum Gasteiger partial charge on any atom is -0.374 e. The molecule has 2 atom stereocenters. The van der Waals surface area contributed by atoms with Gasteiger partial charge in [0.1, 0.15) is 0 Å². The normalized spacial score (nSPS) is 21.3. The third-order valence-corrected chi connectivity index (χ3v) is 3.39. The molecule has 1 heterocycles. The van der Waals surface area contributed by atoms with Crippen molar-refractivity contribution in [2.24, 2.45) is 5.92 Å². The Morgan fingerprint density at radius 2 is 2.26 bits per heavy atom. The Labute approximate surface area is 116 Å². The second kappa shape index (κ2) is 8.95. The van der Waals surface area contributed by atoms with Crippen molar-refractivity contribution in [1.29, 1.82) is 0 Å². The van der Waals surface area contributed by atoms with Gasteiger partial charge in [-0.15, -0.1) is 5.92 Å². The largest absolute Gasteiger partial charge is 0.374 e. The van der Waals surface area contributed by atoms with E-state index >= 15 is 0 Å². The van der Waals surface area contributed by atoms with Gasteiger partial charge in [-0.3, -0.25) is 9.69 Å². The Hall–Kier alpha value is -1.05. The molecule has 1 rings (SSSR count). The minimum absolute atomic E-state index is 0.0788. The number of amides is 1. The highest BCUT2D eigenvalue weighted by Crippen LogP contribution is 2.05. The zero-order chi connectivity index (χ0) is 14.1. The van der Waals surface area contributed by atoms with Crippen LogP contribution < -0.4 is 5.32 Å². The lowest BCUT2D eigenvalue weighted by Crippen LogP contribution is -2.48. The highest BCUT2D eigenvalue weighted by Gasteiger charge is 2.21. The predicted octanol–water partition coefficient (Wildman–Crippen LogP) is 1.26. The zero-order valence-corrected chi connectivity index (χ0v) is 12.4. The fraction of sp³-hybridized carbons (Fsp3) is 0.800. The van der Waals surface area contributed by atoms with Gasteiger partial charge in [0.25, 0.3) is 0 Å². The van der Waals surface area contributed by atoms with Crippen molar-refractivity contribution in [1.82, 2.24) is 10.2 Å². The Kier molecular flexibility index (Phi) is 7.54. The maximum atomic E-state index is 11.7. The summed E-state index contributed by atoms with van der Waals surface area (Å²) in [6.07, 6.45) is 1.86. The molecular weight excluding hydrogens is 240 g/mol. The Morgan fingerprint density at radius 1 is 1.47 bits per heavy atom. The molecule has 0 radical (unpaired) electrons. The van der Waals surface area contributed by atoms with E-state index in [1.54, 1.807) is 0 Å². The number of rotatable bonds is 5. The van der Waals surface area contributed by atoms with Crippen molar-refractivity contribution < 1.29 is 9.53 Å². The van der Waals surface area contributed by atoms with Gasteiger partial charge in [0, 0.05) is 32.0 Å². The molecule has 1 saturated heterocycles. The molecule has 1 N–H and O–H groups in total. The first-order chi connectivity index (χ1) is 9.17. The van der Waals surface area contributed by atoms with Crippen molar-refractivity contribution in [3.63, 3.8) is 0 Å². The summed E-state index contributed by atoms with van der Waals surface area (Å²) in [5.74, 6) is 6.43. The van der Waals surface area contributed by atoms with E-state index in [4.69, 9.17) is 4.74 Å². The molecule has 108 valence electrons. The smallest absolute Gasteiger partial charge is 0.222 e. The molecule has 1 unspecified atom stereocenters. The molecule has 0 spiro atoms. The summed E-state index contributed by atoms with van der Waals surface area (Å²) in [5.41, 5.74) is 0. The van der Waals surface area contributed by atoms with Gasteiger partial charge in [-0.1, -0.05) is 26.7 Å². The predicted molar refractivity (Wildman–Crippen MR) is 76.7 cm³/mol. The van der Waals surface area contributed by atoms with Crippen molar-refractivity contribution in [2.45, 2.75) is 39.7 Å². The van der Waals surface area contributed by atoms with Gasteiger partial charge in [-0.25, -0.2) is 0 Å². The lowest BCUT2D eigenvalue weighted by molar-refractivity contribution is -0.125. The van der Waals surface area contributed by atoms with Gasteiger partial charge in [0.15, 0.2) is 0 Å². The summed E-state index contributed by atoms with van der Waals surface area (Å²) < 4.78 is 5.67. The third kappa shape index (κ3) is 6.09. The van der Waals surface area contributed by atoms with E-state index in [0.717, 1.165) is 39.1 Å². The van der Waals surface area contributed by atoms with Crippen molar-refractivity contribution in [3.05, 3.63) is 0 Å². The number of morpholine rings is 1. The second-order valence-corrected chi connectivity index (χ2v) is 4.99. The molecule has 4 heteroatoms. The molecule has 1 aliphatic heterocycles. The van der Waals surface area contributed by atoms with E-state index in [9.17, 15) is 4.79 Å². The summed E-state index contributed by atoms with van der Waals surface area (Å²) in [5, 5.41) is 2.96. The van der Waals surface area contributed by atoms with Crippen LogP contribution in [0.2, 0.25) is 0 Å². The number of nitrogens with zero attached hydrogens (tertiary/aromatic N) is 1. The van der Waals surface area contributed by atoms with Crippen LogP contribution in [-0.4, -0.2) is 49.7 Å². The molecule has 0 aromatic heterocycles. The Morgan fingerprint density at radius 3 is 2.95 bits per heavy atom. The van der Waals surface area contributed by atoms with Crippen LogP contribution in [0.3, 0.4) is 0 Å². The van der Waals surface area contributed by atoms with Gasteiger partial charge in [0.2, 0.25) is 5.91 Å². The Bertz CT molecular complexity index is 333. The standard InChI is InChI=1S/C15H26N2O2/c1-4-6-7-8-17-9-10-19-14(12-17)11-16-15(18)13(3)5-2/h13-14H,4-5,8-12H2,1-3H3,(H,16,18)/t13?,14-/m1/s1. The average molecular weight is 266 g/mol. The highest BCUT2D eigenvalue weighted by atomic mass is 16.5. The van der Waals surface area contributed by atoms with Crippen molar-refractivity contribution in [2.75, 3.05) is 32.8 Å². The van der Waals surface area contributed by atoms with Crippen LogP contribution in [-0.2, 0) is 9.53 Å². The number of carbonyl (C=O) groups is 1. The van der Waals surface area contributed by atoms with Crippen LogP contribution in [0.1, 0.15) is 33.6 Å². The highest BCUT2D eigenvalue weighted by molar-refractivity contribution is 5.78. The van der Waals surface area contributed by atoms with Gasteiger partial charge < -0.3 is 10.1 Å². The van der Waals surface area contributed by atoms with E-state index < -0.39 is 0 Å². The average Bonchev–Trinajstić information content (AvgIpc) is 2.44. The second-order valence-electron chi connectivity index (χ2n) is 4.99. The van der Waals surface area contributed by atoms with Gasteiger partial charge in [0.05, 0.1) is 19.3 Å². The number of nitrogens with one attached hydrogen (secondary N) is 1. The maximum absolute atomic E-state index is 11.7. The Balaban J connectivity index is 2.28. The first-order valence-electron chi connectivity index (χ1n) is 7.24. The summed E-state index contributed by atoms with van der Waals surface area (Å²) in [6.45, 7) is 9.91. The fourth-order valence-electron chi connectivity index (χ4n) is 1.91. The SMILES string of the molecule is CCC#CCN1CCO[C@H](CNC(=O)C(C)CC)C1. The molecule has 1 aliphatic rings. The molecule has 1 amide bonds. The first kappa shape index (κ1) is 16.0.